The van der Waals surface area contributed by atoms with Crippen LogP contribution in [0.3, 0.4) is 0 Å². The molecule has 94 valence electrons. The Bertz CT molecular complexity index is 379. The van der Waals surface area contributed by atoms with Gasteiger partial charge in [-0.1, -0.05) is 0 Å². The Morgan fingerprint density at radius 1 is 1.29 bits per heavy atom. The lowest BCUT2D eigenvalue weighted by atomic mass is 10.2. The summed E-state index contributed by atoms with van der Waals surface area (Å²) in [6.45, 7) is 2.44. The Kier molecular flexibility index (Phi) is 5.13. The minimum absolute atomic E-state index is 0.333. The third-order valence-corrected chi connectivity index (χ3v) is 2.19. The summed E-state index contributed by atoms with van der Waals surface area (Å²) in [4.78, 5) is 11.2. The second-order valence-corrected chi connectivity index (χ2v) is 3.25. The zero-order valence-corrected chi connectivity index (χ0v) is 10.3. The molecule has 0 radical (unpaired) electrons. The molecule has 0 aliphatic carbocycles. The maximum Gasteiger partial charge on any atom is 0.407 e. The largest absolute Gasteiger partial charge is 0.497 e. The van der Waals surface area contributed by atoms with E-state index >= 15 is 0 Å². The molecule has 0 saturated carbocycles. The topological polar surface area (TPSA) is 56.8 Å². The van der Waals surface area contributed by atoms with Crippen molar-refractivity contribution >= 4 is 6.09 Å². The van der Waals surface area contributed by atoms with Crippen molar-refractivity contribution < 1.29 is 19.0 Å². The predicted molar refractivity (Wildman–Crippen MR) is 63.4 cm³/mol. The second-order valence-electron chi connectivity index (χ2n) is 3.25. The number of hydrogen-bond donors (Lipinski definition) is 1. The normalized spacial score (nSPS) is 9.59. The minimum Gasteiger partial charge on any atom is -0.497 e. The van der Waals surface area contributed by atoms with Crippen molar-refractivity contribution in [2.75, 3.05) is 20.8 Å². The Balaban J connectivity index is 2.70. The molecule has 0 aromatic heterocycles. The molecule has 0 heterocycles. The van der Waals surface area contributed by atoms with Gasteiger partial charge in [0.2, 0.25) is 0 Å². The molecular formula is C12H17NO4. The minimum atomic E-state index is -0.447. The molecule has 0 atom stereocenters. The SMILES string of the molecule is CCOC(=O)NCc1cc(OC)ccc1OC. The zero-order chi connectivity index (χ0) is 12.7. The van der Waals surface area contributed by atoms with Crippen LogP contribution in [-0.2, 0) is 11.3 Å². The van der Waals surface area contributed by atoms with E-state index in [0.717, 1.165) is 5.56 Å². The van der Waals surface area contributed by atoms with Gasteiger partial charge in [-0.3, -0.25) is 0 Å². The highest BCUT2D eigenvalue weighted by atomic mass is 16.5. The smallest absolute Gasteiger partial charge is 0.407 e. The van der Waals surface area contributed by atoms with Crippen molar-refractivity contribution in [3.63, 3.8) is 0 Å². The third-order valence-electron chi connectivity index (χ3n) is 2.19. The lowest BCUT2D eigenvalue weighted by molar-refractivity contribution is 0.151. The van der Waals surface area contributed by atoms with Crippen LogP contribution in [-0.4, -0.2) is 26.9 Å². The number of benzene rings is 1. The lowest BCUT2D eigenvalue weighted by Crippen LogP contribution is -2.23. The first-order chi connectivity index (χ1) is 8.21. The Morgan fingerprint density at radius 3 is 2.65 bits per heavy atom. The Labute approximate surface area is 101 Å². The van der Waals surface area contributed by atoms with Crippen molar-refractivity contribution in [3.05, 3.63) is 23.8 Å². The Hall–Kier alpha value is -1.91. The van der Waals surface area contributed by atoms with Crippen LogP contribution in [0.4, 0.5) is 4.79 Å². The van der Waals surface area contributed by atoms with Gasteiger partial charge in [0, 0.05) is 12.1 Å². The second kappa shape index (κ2) is 6.62. The molecule has 1 rings (SSSR count). The molecule has 0 saturated heterocycles. The summed E-state index contributed by atoms with van der Waals surface area (Å²) >= 11 is 0. The van der Waals surface area contributed by atoms with Crippen molar-refractivity contribution in [1.82, 2.24) is 5.32 Å². The summed E-state index contributed by atoms with van der Waals surface area (Å²) in [7, 11) is 3.17. The molecule has 1 N–H and O–H groups in total. The summed E-state index contributed by atoms with van der Waals surface area (Å²) < 4.78 is 15.1. The average molecular weight is 239 g/mol. The average Bonchev–Trinajstić information content (AvgIpc) is 2.36. The van der Waals surface area contributed by atoms with Gasteiger partial charge in [0.15, 0.2) is 0 Å². The number of methoxy groups -OCH3 is 2. The third kappa shape index (κ3) is 3.86. The molecule has 0 aliphatic rings. The van der Waals surface area contributed by atoms with E-state index in [-0.39, 0.29) is 0 Å². The van der Waals surface area contributed by atoms with Gasteiger partial charge < -0.3 is 19.5 Å². The van der Waals surface area contributed by atoms with Gasteiger partial charge >= 0.3 is 6.09 Å². The quantitative estimate of drug-likeness (QED) is 0.853. The summed E-state index contributed by atoms with van der Waals surface area (Å²) in [5.74, 6) is 1.41. The van der Waals surface area contributed by atoms with Crippen molar-refractivity contribution in [3.8, 4) is 11.5 Å². The van der Waals surface area contributed by atoms with Crippen molar-refractivity contribution in [2.45, 2.75) is 13.5 Å². The summed E-state index contributed by atoms with van der Waals surface area (Å²) in [6, 6.07) is 5.40. The van der Waals surface area contributed by atoms with Crippen molar-refractivity contribution in [1.29, 1.82) is 0 Å². The molecule has 0 aliphatic heterocycles. The fraction of sp³-hybridized carbons (Fsp3) is 0.417. The molecule has 1 aromatic carbocycles. The summed E-state index contributed by atoms with van der Waals surface area (Å²) in [6.07, 6.45) is -0.447. The van der Waals surface area contributed by atoms with Gasteiger partial charge in [-0.25, -0.2) is 4.79 Å². The van der Waals surface area contributed by atoms with E-state index in [4.69, 9.17) is 14.2 Å². The number of alkyl carbamates (subject to hydrolysis) is 1. The van der Waals surface area contributed by atoms with E-state index in [1.807, 2.05) is 6.07 Å². The Morgan fingerprint density at radius 2 is 2.06 bits per heavy atom. The van der Waals surface area contributed by atoms with Gasteiger partial charge in [0.25, 0.3) is 0 Å². The number of carbonyl (C=O) groups excluding carboxylic acids is 1. The maximum absolute atomic E-state index is 11.2. The lowest BCUT2D eigenvalue weighted by Gasteiger charge is -2.11. The monoisotopic (exact) mass is 239 g/mol. The van der Waals surface area contributed by atoms with Crippen molar-refractivity contribution in [2.24, 2.45) is 0 Å². The van der Waals surface area contributed by atoms with Crippen LogP contribution in [0.15, 0.2) is 18.2 Å². The molecule has 0 unspecified atom stereocenters. The molecule has 0 fully saturated rings. The molecular weight excluding hydrogens is 222 g/mol. The number of nitrogens with one attached hydrogen (secondary N) is 1. The van der Waals surface area contributed by atoms with Gasteiger partial charge in [-0.2, -0.15) is 0 Å². The van der Waals surface area contributed by atoms with Crippen LogP contribution in [0.1, 0.15) is 12.5 Å². The van der Waals surface area contributed by atoms with Gasteiger partial charge in [0.05, 0.1) is 20.8 Å². The van der Waals surface area contributed by atoms with Crippen LogP contribution < -0.4 is 14.8 Å². The van der Waals surface area contributed by atoms with Crippen LogP contribution in [0, 0.1) is 0 Å². The fourth-order valence-corrected chi connectivity index (χ4v) is 1.37. The highest BCUT2D eigenvalue weighted by Crippen LogP contribution is 2.23. The molecule has 0 bridgehead atoms. The van der Waals surface area contributed by atoms with E-state index in [1.54, 1.807) is 33.3 Å². The first-order valence-electron chi connectivity index (χ1n) is 5.32. The number of carbonyl (C=O) groups is 1. The zero-order valence-electron chi connectivity index (χ0n) is 10.3. The van der Waals surface area contributed by atoms with Crippen LogP contribution in [0.2, 0.25) is 0 Å². The number of ether oxygens (including phenoxy) is 3. The van der Waals surface area contributed by atoms with Crippen LogP contribution in [0.25, 0.3) is 0 Å². The fourth-order valence-electron chi connectivity index (χ4n) is 1.37. The molecule has 1 aromatic rings. The first kappa shape index (κ1) is 13.2. The van der Waals surface area contributed by atoms with Crippen LogP contribution in [0.5, 0.6) is 11.5 Å². The van der Waals surface area contributed by atoms with Gasteiger partial charge in [-0.05, 0) is 25.1 Å². The highest BCUT2D eigenvalue weighted by molar-refractivity contribution is 5.67. The number of hydrogen-bond acceptors (Lipinski definition) is 4. The van der Waals surface area contributed by atoms with Gasteiger partial charge in [0.1, 0.15) is 11.5 Å². The summed E-state index contributed by atoms with van der Waals surface area (Å²) in [5.41, 5.74) is 0.833. The maximum atomic E-state index is 11.2. The van der Waals surface area contributed by atoms with E-state index < -0.39 is 6.09 Å². The van der Waals surface area contributed by atoms with E-state index in [2.05, 4.69) is 5.32 Å². The molecule has 5 heteroatoms. The van der Waals surface area contributed by atoms with Gasteiger partial charge in [-0.15, -0.1) is 0 Å². The molecule has 5 nitrogen and oxygen atoms in total. The van der Waals surface area contributed by atoms with E-state index in [0.29, 0.717) is 24.7 Å². The summed E-state index contributed by atoms with van der Waals surface area (Å²) in [5, 5.41) is 2.63. The highest BCUT2D eigenvalue weighted by Gasteiger charge is 2.07. The molecule has 1 amide bonds. The molecule has 0 spiro atoms. The molecule has 17 heavy (non-hydrogen) atoms. The van der Waals surface area contributed by atoms with E-state index in [9.17, 15) is 4.79 Å². The number of rotatable bonds is 5. The number of amides is 1. The van der Waals surface area contributed by atoms with Crippen LogP contribution >= 0.6 is 0 Å². The first-order valence-corrected chi connectivity index (χ1v) is 5.32. The predicted octanol–water partition coefficient (Wildman–Crippen LogP) is 1.95. The standard InChI is InChI=1S/C12H17NO4/c1-4-17-12(14)13-8-9-7-10(15-2)5-6-11(9)16-3/h5-7H,4,8H2,1-3H3,(H,13,14). The van der Waals surface area contributed by atoms with E-state index in [1.165, 1.54) is 0 Å².